The van der Waals surface area contributed by atoms with Crippen LogP contribution in [0, 0.1) is 6.92 Å². The maximum Gasteiger partial charge on any atom is 0.491 e. The molecule has 6 heterocycles. The van der Waals surface area contributed by atoms with Gasteiger partial charge >= 0.3 is 18.3 Å². The summed E-state index contributed by atoms with van der Waals surface area (Å²) in [6.07, 6.45) is -7.66. The van der Waals surface area contributed by atoms with Gasteiger partial charge in [-0.2, -0.15) is 31.4 Å². The van der Waals surface area contributed by atoms with Gasteiger partial charge in [0.1, 0.15) is 0 Å². The van der Waals surface area contributed by atoms with E-state index in [1.807, 2.05) is 11.6 Å². The van der Waals surface area contributed by atoms with E-state index in [2.05, 4.69) is 25.3 Å². The molecule has 4 aliphatic rings. The number of carbonyl (C=O) groups excluding carboxylic acids is 1. The van der Waals surface area contributed by atoms with Gasteiger partial charge in [0.15, 0.2) is 11.6 Å². The molecule has 4 saturated heterocycles. The lowest BCUT2D eigenvalue weighted by Gasteiger charge is -2.53. The van der Waals surface area contributed by atoms with Crippen molar-refractivity contribution in [3.05, 3.63) is 23.3 Å². The summed E-state index contributed by atoms with van der Waals surface area (Å²) >= 11 is 0. The molecule has 44 heavy (non-hydrogen) atoms. The van der Waals surface area contributed by atoms with Crippen molar-refractivity contribution >= 4 is 17.6 Å². The van der Waals surface area contributed by atoms with Gasteiger partial charge in [-0.05, 0) is 32.3 Å². The highest BCUT2D eigenvalue weighted by Crippen LogP contribution is 2.45. The molecule has 2 atom stereocenters. The number of nitrogens with zero attached hydrogens (tertiary/aromatic N) is 7. The van der Waals surface area contributed by atoms with E-state index in [0.29, 0.717) is 26.1 Å². The second-order valence-corrected chi connectivity index (χ2v) is 11.8. The van der Waals surface area contributed by atoms with Gasteiger partial charge in [0.2, 0.25) is 11.6 Å². The number of rotatable bonds is 6. The standard InChI is InChI=1S/C27H34F6N8O3/c1-15-11-35-41(18-13-43-14-18)20(15)17-3-7-39(8-4-17)22-21(44-25(42)27(31,32)33)23(37-24(36-22)26(28,29)30)40-12-19(16(40)2)38-9-5-34-6-10-38/h11,16-19,34H,3-10,12-14H2,1-2H3/t16-,19-/m1/s1. The average molecular weight is 633 g/mol. The normalized spacial score (nSPS) is 24.3. The van der Waals surface area contributed by atoms with Crippen molar-refractivity contribution in [2.75, 3.05) is 68.8 Å². The molecule has 0 radical (unpaired) electrons. The Bertz CT molecular complexity index is 1370. The van der Waals surface area contributed by atoms with Crippen LogP contribution < -0.4 is 19.9 Å². The molecule has 0 bridgehead atoms. The number of hydrogen-bond acceptors (Lipinski definition) is 10. The van der Waals surface area contributed by atoms with Crippen LogP contribution in [0.5, 0.6) is 5.75 Å². The number of ether oxygens (including phenoxy) is 2. The molecule has 2 aromatic rings. The second-order valence-electron chi connectivity index (χ2n) is 11.8. The van der Waals surface area contributed by atoms with E-state index in [1.165, 1.54) is 9.80 Å². The molecule has 6 rings (SSSR count). The van der Waals surface area contributed by atoms with Crippen molar-refractivity contribution in [1.29, 1.82) is 0 Å². The van der Waals surface area contributed by atoms with Crippen LogP contribution >= 0.6 is 0 Å². The highest BCUT2D eigenvalue weighted by molar-refractivity contribution is 5.82. The predicted molar refractivity (Wildman–Crippen MR) is 145 cm³/mol. The zero-order valence-corrected chi connectivity index (χ0v) is 24.3. The number of esters is 1. The molecule has 11 nitrogen and oxygen atoms in total. The Morgan fingerprint density at radius 3 is 2.25 bits per heavy atom. The number of piperazine rings is 1. The molecule has 0 unspecified atom stereocenters. The van der Waals surface area contributed by atoms with Crippen LogP contribution in [0.4, 0.5) is 38.0 Å². The van der Waals surface area contributed by atoms with Crippen LogP contribution in [0.3, 0.4) is 0 Å². The van der Waals surface area contributed by atoms with E-state index in [9.17, 15) is 31.1 Å². The molecule has 4 aliphatic heterocycles. The molecule has 0 saturated carbocycles. The van der Waals surface area contributed by atoms with Gasteiger partial charge in [-0.15, -0.1) is 0 Å². The summed E-state index contributed by atoms with van der Waals surface area (Å²) in [5.74, 6) is -5.71. The summed E-state index contributed by atoms with van der Waals surface area (Å²) in [6, 6.07) is -0.349. The Morgan fingerprint density at radius 1 is 1.02 bits per heavy atom. The number of anilines is 2. The van der Waals surface area contributed by atoms with Crippen LogP contribution in [0.15, 0.2) is 6.20 Å². The lowest BCUT2D eigenvalue weighted by atomic mass is 9.91. The fourth-order valence-corrected chi connectivity index (χ4v) is 6.50. The van der Waals surface area contributed by atoms with Gasteiger partial charge in [0.25, 0.3) is 0 Å². The summed E-state index contributed by atoms with van der Waals surface area (Å²) in [7, 11) is 0. The van der Waals surface area contributed by atoms with Crippen molar-refractivity contribution in [3.8, 4) is 5.75 Å². The first-order valence-electron chi connectivity index (χ1n) is 14.7. The molecule has 4 fully saturated rings. The minimum atomic E-state index is -5.38. The Labute approximate surface area is 249 Å². The van der Waals surface area contributed by atoms with Gasteiger partial charge in [-0.3, -0.25) is 9.58 Å². The third kappa shape index (κ3) is 5.80. The minimum Gasteiger partial charge on any atom is -0.412 e. The van der Waals surface area contributed by atoms with Gasteiger partial charge < -0.3 is 24.6 Å². The van der Waals surface area contributed by atoms with Gasteiger partial charge in [0.05, 0.1) is 25.5 Å². The van der Waals surface area contributed by atoms with Crippen molar-refractivity contribution in [3.63, 3.8) is 0 Å². The monoisotopic (exact) mass is 632 g/mol. The second kappa shape index (κ2) is 11.6. The lowest BCUT2D eigenvalue weighted by Crippen LogP contribution is -2.68. The molecule has 0 amide bonds. The lowest BCUT2D eigenvalue weighted by molar-refractivity contribution is -0.189. The van der Waals surface area contributed by atoms with E-state index in [1.54, 1.807) is 13.1 Å². The third-order valence-corrected chi connectivity index (χ3v) is 9.01. The Hall–Kier alpha value is -3.18. The summed E-state index contributed by atoms with van der Waals surface area (Å²) in [6.45, 7) is 8.27. The molecule has 0 spiro atoms. The molecular weight excluding hydrogens is 598 g/mol. The number of alkyl halides is 6. The first-order chi connectivity index (χ1) is 20.8. The SMILES string of the molecule is Cc1cnn(C2COC2)c1C1CCN(c2nc(C(F)(F)F)nc(N3C[C@@H](N4CCNCC4)[C@H]3C)c2OC(=O)C(F)(F)F)CC1. The number of halogens is 6. The first-order valence-corrected chi connectivity index (χ1v) is 14.7. The summed E-state index contributed by atoms with van der Waals surface area (Å²) in [4.78, 5) is 24.5. The van der Waals surface area contributed by atoms with Crippen molar-refractivity contribution in [2.24, 2.45) is 0 Å². The van der Waals surface area contributed by atoms with E-state index in [4.69, 9.17) is 9.47 Å². The van der Waals surface area contributed by atoms with E-state index >= 15 is 0 Å². The number of piperidine rings is 1. The number of nitrogens with one attached hydrogen (secondary N) is 1. The van der Waals surface area contributed by atoms with Gasteiger partial charge in [-0.1, -0.05) is 0 Å². The zero-order valence-electron chi connectivity index (χ0n) is 24.3. The largest absolute Gasteiger partial charge is 0.491 e. The van der Waals surface area contributed by atoms with Crippen LogP contribution in [-0.4, -0.2) is 108 Å². The minimum absolute atomic E-state index is 0.00844. The van der Waals surface area contributed by atoms with Crippen molar-refractivity contribution in [1.82, 2.24) is 30.0 Å². The number of carbonyl (C=O) groups is 1. The molecule has 2 aromatic heterocycles. The van der Waals surface area contributed by atoms with E-state index in [-0.39, 0.29) is 37.6 Å². The van der Waals surface area contributed by atoms with Crippen molar-refractivity contribution in [2.45, 2.75) is 63.1 Å². The number of hydrogen-bond donors (Lipinski definition) is 1. The fourth-order valence-electron chi connectivity index (χ4n) is 6.50. The number of aromatic nitrogens is 4. The van der Waals surface area contributed by atoms with Gasteiger partial charge in [0, 0.05) is 69.5 Å². The molecule has 17 heteroatoms. The van der Waals surface area contributed by atoms with Crippen LogP contribution in [0.2, 0.25) is 0 Å². The van der Waals surface area contributed by atoms with E-state index in [0.717, 1.165) is 37.4 Å². The highest BCUT2D eigenvalue weighted by atomic mass is 19.4. The maximum atomic E-state index is 14.1. The van der Waals surface area contributed by atoms with Crippen LogP contribution in [-0.2, 0) is 15.7 Å². The summed E-state index contributed by atoms with van der Waals surface area (Å²) in [5.41, 5.74) is 1.99. The summed E-state index contributed by atoms with van der Waals surface area (Å²) < 4.78 is 94.7. The van der Waals surface area contributed by atoms with Crippen LogP contribution in [0.1, 0.15) is 48.8 Å². The summed E-state index contributed by atoms with van der Waals surface area (Å²) in [5, 5.41) is 7.73. The van der Waals surface area contributed by atoms with Crippen LogP contribution in [0.25, 0.3) is 0 Å². The molecule has 1 N–H and O–H groups in total. The fraction of sp³-hybridized carbons (Fsp3) is 0.704. The molecule has 242 valence electrons. The molecular formula is C27H34F6N8O3. The Morgan fingerprint density at radius 2 is 1.68 bits per heavy atom. The molecule has 0 aliphatic carbocycles. The Balaban J connectivity index is 1.33. The van der Waals surface area contributed by atoms with Crippen molar-refractivity contribution < 1.29 is 40.6 Å². The quantitative estimate of drug-likeness (QED) is 0.378. The van der Waals surface area contributed by atoms with Gasteiger partial charge in [-0.25, -0.2) is 14.8 Å². The topological polar surface area (TPSA) is 101 Å². The number of aryl methyl sites for hydroxylation is 1. The Kier molecular flexibility index (Phi) is 8.15. The average Bonchev–Trinajstić information content (AvgIpc) is 3.31. The zero-order chi connectivity index (χ0) is 31.4. The predicted octanol–water partition coefficient (Wildman–Crippen LogP) is 2.91. The first kappa shape index (κ1) is 30.8. The smallest absolute Gasteiger partial charge is 0.412 e. The molecule has 0 aromatic carbocycles. The van der Waals surface area contributed by atoms with E-state index < -0.39 is 47.6 Å². The third-order valence-electron chi connectivity index (χ3n) is 9.01. The maximum absolute atomic E-state index is 14.1. The highest BCUT2D eigenvalue weighted by Gasteiger charge is 2.48.